The lowest BCUT2D eigenvalue weighted by molar-refractivity contribution is -0.0620. The SMILES string of the molecule is COCCNc1cc(Nc2ccc(P3(=O)CCN(C4COC4)CC3)cc2OC)nc2[nH]cc(C#N)c12. The maximum atomic E-state index is 13.8. The van der Waals surface area contributed by atoms with Crippen LogP contribution in [0, 0.1) is 11.3 Å². The number of anilines is 3. The normalized spacial score (nSPS) is 17.9. The van der Waals surface area contributed by atoms with E-state index in [4.69, 9.17) is 14.2 Å². The number of nitrogens with one attached hydrogen (secondary N) is 3. The molecule has 2 aliphatic rings. The first-order valence-electron chi connectivity index (χ1n) is 12.0. The molecule has 2 aromatic heterocycles. The molecule has 0 atom stereocenters. The zero-order valence-corrected chi connectivity index (χ0v) is 21.4. The molecule has 4 heterocycles. The highest BCUT2D eigenvalue weighted by Gasteiger charge is 2.35. The molecule has 0 bridgehead atoms. The van der Waals surface area contributed by atoms with Crippen LogP contribution in [0.1, 0.15) is 5.56 Å². The topological polar surface area (TPSA) is 125 Å². The average Bonchev–Trinajstić information content (AvgIpc) is 3.28. The summed E-state index contributed by atoms with van der Waals surface area (Å²) >= 11 is 0. The summed E-state index contributed by atoms with van der Waals surface area (Å²) in [5, 5.41) is 17.7. The van der Waals surface area contributed by atoms with E-state index in [9.17, 15) is 9.83 Å². The van der Waals surface area contributed by atoms with E-state index in [1.807, 2.05) is 24.3 Å². The summed E-state index contributed by atoms with van der Waals surface area (Å²) in [6, 6.07) is 10.3. The number of H-pyrrole nitrogens is 1. The quantitative estimate of drug-likeness (QED) is 0.294. The summed E-state index contributed by atoms with van der Waals surface area (Å²) in [6.45, 7) is 4.34. The fourth-order valence-corrected chi connectivity index (χ4v) is 7.35. The third-order valence-corrected chi connectivity index (χ3v) is 10.0. The second-order valence-corrected chi connectivity index (χ2v) is 12.3. The molecule has 190 valence electrons. The van der Waals surface area contributed by atoms with Gasteiger partial charge in [0.1, 0.15) is 30.4 Å². The van der Waals surface area contributed by atoms with Gasteiger partial charge in [0.15, 0.2) is 0 Å². The third kappa shape index (κ3) is 4.80. The van der Waals surface area contributed by atoms with Gasteiger partial charge in [-0.2, -0.15) is 5.26 Å². The molecule has 2 saturated heterocycles. The minimum atomic E-state index is -2.49. The van der Waals surface area contributed by atoms with Gasteiger partial charge in [0.05, 0.1) is 55.3 Å². The molecule has 11 heteroatoms. The van der Waals surface area contributed by atoms with E-state index in [-0.39, 0.29) is 0 Å². The number of nitriles is 1. The van der Waals surface area contributed by atoms with Crippen LogP contribution < -0.4 is 20.7 Å². The fourth-order valence-electron chi connectivity index (χ4n) is 4.75. The highest BCUT2D eigenvalue weighted by molar-refractivity contribution is 7.71. The number of benzene rings is 1. The van der Waals surface area contributed by atoms with E-state index in [0.717, 1.165) is 48.4 Å². The van der Waals surface area contributed by atoms with E-state index < -0.39 is 7.14 Å². The van der Waals surface area contributed by atoms with Gasteiger partial charge in [-0.25, -0.2) is 4.98 Å². The summed E-state index contributed by atoms with van der Waals surface area (Å²) in [4.78, 5) is 10.1. The molecule has 2 fully saturated rings. The molecule has 0 radical (unpaired) electrons. The molecule has 3 aromatic rings. The molecule has 0 spiro atoms. The number of hydrogen-bond acceptors (Lipinski definition) is 9. The molecule has 5 rings (SSSR count). The van der Waals surface area contributed by atoms with Crippen LogP contribution in [0.25, 0.3) is 11.0 Å². The van der Waals surface area contributed by atoms with E-state index in [2.05, 4.69) is 31.6 Å². The minimum Gasteiger partial charge on any atom is -0.495 e. The summed E-state index contributed by atoms with van der Waals surface area (Å²) in [5.74, 6) is 1.19. The van der Waals surface area contributed by atoms with Gasteiger partial charge in [-0.15, -0.1) is 0 Å². The number of methoxy groups -OCH3 is 2. The number of ether oxygens (including phenoxy) is 3. The van der Waals surface area contributed by atoms with Gasteiger partial charge in [-0.1, -0.05) is 0 Å². The molecular formula is C25H31N6O4P. The van der Waals surface area contributed by atoms with Crippen molar-refractivity contribution in [3.63, 3.8) is 0 Å². The number of nitrogens with zero attached hydrogens (tertiary/aromatic N) is 3. The number of hydrogen-bond donors (Lipinski definition) is 3. The summed E-state index contributed by atoms with van der Waals surface area (Å²) in [6.07, 6.45) is 2.99. The van der Waals surface area contributed by atoms with E-state index >= 15 is 0 Å². The van der Waals surface area contributed by atoms with Crippen molar-refractivity contribution in [3.8, 4) is 11.8 Å². The summed E-state index contributed by atoms with van der Waals surface area (Å²) in [7, 11) is 0.761. The van der Waals surface area contributed by atoms with Gasteiger partial charge < -0.3 is 34.4 Å². The lowest BCUT2D eigenvalue weighted by atomic mass is 10.2. The lowest BCUT2D eigenvalue weighted by Gasteiger charge is -2.41. The number of fused-ring (bicyclic) bond motifs is 1. The van der Waals surface area contributed by atoms with Crippen molar-refractivity contribution in [1.82, 2.24) is 14.9 Å². The molecule has 36 heavy (non-hydrogen) atoms. The largest absolute Gasteiger partial charge is 0.495 e. The second kappa shape index (κ2) is 10.5. The molecule has 0 unspecified atom stereocenters. The van der Waals surface area contributed by atoms with Crippen LogP contribution in [0.3, 0.4) is 0 Å². The van der Waals surface area contributed by atoms with Crippen LogP contribution in [0.2, 0.25) is 0 Å². The molecule has 2 aliphatic heterocycles. The van der Waals surface area contributed by atoms with Crippen LogP contribution in [-0.4, -0.2) is 86.9 Å². The first kappa shape index (κ1) is 24.6. The molecule has 10 nitrogen and oxygen atoms in total. The Hall–Kier alpha value is -3.09. The van der Waals surface area contributed by atoms with Crippen molar-refractivity contribution in [2.24, 2.45) is 0 Å². The Balaban J connectivity index is 1.38. The van der Waals surface area contributed by atoms with Crippen molar-refractivity contribution >= 4 is 40.7 Å². The number of rotatable bonds is 9. The van der Waals surface area contributed by atoms with E-state index in [1.54, 1.807) is 20.4 Å². The first-order valence-corrected chi connectivity index (χ1v) is 14.1. The van der Waals surface area contributed by atoms with Crippen molar-refractivity contribution < 1.29 is 18.8 Å². The van der Waals surface area contributed by atoms with Crippen molar-refractivity contribution in [3.05, 3.63) is 36.0 Å². The highest BCUT2D eigenvalue weighted by Crippen LogP contribution is 2.48. The summed E-state index contributed by atoms with van der Waals surface area (Å²) in [5.41, 5.74) is 2.62. The summed E-state index contributed by atoms with van der Waals surface area (Å²) < 4.78 is 29.9. The maximum Gasteiger partial charge on any atom is 0.143 e. The Labute approximate surface area is 210 Å². The lowest BCUT2D eigenvalue weighted by Crippen LogP contribution is -2.52. The van der Waals surface area contributed by atoms with Crippen molar-refractivity contribution in [1.29, 1.82) is 5.26 Å². The van der Waals surface area contributed by atoms with E-state index in [1.165, 1.54) is 0 Å². The fraction of sp³-hybridized carbons (Fsp3) is 0.440. The molecule has 3 N–H and O–H groups in total. The molecular weight excluding hydrogens is 479 g/mol. The van der Waals surface area contributed by atoms with Gasteiger partial charge >= 0.3 is 0 Å². The zero-order valence-electron chi connectivity index (χ0n) is 20.5. The highest BCUT2D eigenvalue weighted by atomic mass is 31.2. The van der Waals surface area contributed by atoms with Gasteiger partial charge in [0.2, 0.25) is 0 Å². The van der Waals surface area contributed by atoms with Gasteiger partial charge in [-0.05, 0) is 18.2 Å². The third-order valence-electron chi connectivity index (χ3n) is 6.94. The van der Waals surface area contributed by atoms with Crippen LogP contribution in [0.4, 0.5) is 17.2 Å². The molecule has 0 amide bonds. The Bertz CT molecular complexity index is 1320. The van der Waals surface area contributed by atoms with E-state index in [0.29, 0.717) is 54.3 Å². The van der Waals surface area contributed by atoms with Gasteiger partial charge in [0.25, 0.3) is 0 Å². The molecule has 0 saturated carbocycles. The van der Waals surface area contributed by atoms with Crippen molar-refractivity contribution in [2.45, 2.75) is 6.04 Å². The number of pyridine rings is 1. The van der Waals surface area contributed by atoms with Crippen molar-refractivity contribution in [2.75, 3.05) is 76.6 Å². The van der Waals surface area contributed by atoms with Crippen LogP contribution >= 0.6 is 7.14 Å². The average molecular weight is 511 g/mol. The maximum absolute atomic E-state index is 13.8. The zero-order chi connectivity index (χ0) is 25.1. The Morgan fingerprint density at radius 3 is 2.72 bits per heavy atom. The second-order valence-electron chi connectivity index (χ2n) is 9.09. The number of aromatic nitrogens is 2. The Kier molecular flexibility index (Phi) is 7.17. The van der Waals surface area contributed by atoms with Crippen LogP contribution in [0.5, 0.6) is 5.75 Å². The van der Waals surface area contributed by atoms with Gasteiger partial charge in [0, 0.05) is 56.6 Å². The van der Waals surface area contributed by atoms with Gasteiger partial charge in [-0.3, -0.25) is 4.90 Å². The predicted octanol–water partition coefficient (Wildman–Crippen LogP) is 2.95. The number of aromatic amines is 1. The Morgan fingerprint density at radius 1 is 1.25 bits per heavy atom. The van der Waals surface area contributed by atoms with Crippen LogP contribution in [-0.2, 0) is 14.0 Å². The van der Waals surface area contributed by atoms with Crippen LogP contribution in [0.15, 0.2) is 30.5 Å². The molecule has 1 aromatic carbocycles. The first-order chi connectivity index (χ1) is 17.5. The smallest absolute Gasteiger partial charge is 0.143 e. The Morgan fingerprint density at radius 2 is 2.06 bits per heavy atom. The molecule has 0 aliphatic carbocycles. The minimum absolute atomic E-state index is 0.475. The predicted molar refractivity (Wildman–Crippen MR) is 141 cm³/mol. The standard InChI is InChI=1S/C25H31N6O4P/c1-33-8-5-27-21-12-23(30-25-24(21)17(13-26)14-28-25)29-20-4-3-19(11-22(20)34-2)36(32)9-6-31(7-10-36)18-15-35-16-18/h3-4,11-12,14,18H,5-10,15-16H2,1-2H3,(H3,27,28,29,30). The monoisotopic (exact) mass is 510 g/mol.